The van der Waals surface area contributed by atoms with E-state index in [1.165, 1.54) is 5.56 Å². The zero-order chi connectivity index (χ0) is 14.5. The van der Waals surface area contributed by atoms with Crippen molar-refractivity contribution in [2.24, 2.45) is 5.73 Å². The van der Waals surface area contributed by atoms with E-state index in [2.05, 4.69) is 25.0 Å². The van der Waals surface area contributed by atoms with Crippen LogP contribution in [0.3, 0.4) is 0 Å². The van der Waals surface area contributed by atoms with E-state index < -0.39 is 0 Å². The van der Waals surface area contributed by atoms with Gasteiger partial charge in [-0.1, -0.05) is 12.1 Å². The topological polar surface area (TPSA) is 53.1 Å². The molecule has 2 rings (SSSR count). The third-order valence-electron chi connectivity index (χ3n) is 3.30. The van der Waals surface area contributed by atoms with Gasteiger partial charge >= 0.3 is 0 Å². The van der Waals surface area contributed by atoms with Crippen molar-refractivity contribution in [2.75, 3.05) is 7.11 Å². The molecule has 108 valence electrons. The fourth-order valence-electron chi connectivity index (χ4n) is 2.22. The van der Waals surface area contributed by atoms with Gasteiger partial charge in [-0.15, -0.1) is 0 Å². The van der Waals surface area contributed by atoms with E-state index >= 15 is 0 Å². The van der Waals surface area contributed by atoms with Crippen LogP contribution in [0.2, 0.25) is 0 Å². The van der Waals surface area contributed by atoms with Crippen molar-refractivity contribution in [3.8, 4) is 5.75 Å². The van der Waals surface area contributed by atoms with Crippen LogP contribution in [0.1, 0.15) is 31.1 Å². The van der Waals surface area contributed by atoms with Gasteiger partial charge in [-0.3, -0.25) is 4.68 Å². The minimum atomic E-state index is 0.0672. The maximum absolute atomic E-state index is 6.22. The van der Waals surface area contributed by atoms with Gasteiger partial charge in [0.2, 0.25) is 0 Å². The molecular weight excluding hydrogens is 250 g/mol. The second kappa shape index (κ2) is 6.57. The molecular formula is C16H23N3O. The van der Waals surface area contributed by atoms with E-state index in [4.69, 9.17) is 10.5 Å². The Bertz CT molecular complexity index is 548. The van der Waals surface area contributed by atoms with Crippen molar-refractivity contribution in [1.29, 1.82) is 0 Å². The van der Waals surface area contributed by atoms with E-state index in [-0.39, 0.29) is 6.04 Å². The average molecular weight is 273 g/mol. The van der Waals surface area contributed by atoms with Gasteiger partial charge in [0.15, 0.2) is 0 Å². The Labute approximate surface area is 120 Å². The lowest BCUT2D eigenvalue weighted by molar-refractivity contribution is 0.414. The third kappa shape index (κ3) is 3.84. The number of hydrogen-bond acceptors (Lipinski definition) is 3. The number of aromatic nitrogens is 2. The zero-order valence-electron chi connectivity index (χ0n) is 12.4. The van der Waals surface area contributed by atoms with Gasteiger partial charge in [-0.2, -0.15) is 5.10 Å². The lowest BCUT2D eigenvalue weighted by Gasteiger charge is -2.11. The Hall–Kier alpha value is -1.81. The SMILES string of the molecule is COc1cccc(CC(N)Cc2ccn(C(C)C)n2)c1. The molecule has 1 heterocycles. The van der Waals surface area contributed by atoms with Gasteiger partial charge in [-0.05, 0) is 44.0 Å². The third-order valence-corrected chi connectivity index (χ3v) is 3.30. The van der Waals surface area contributed by atoms with Crippen molar-refractivity contribution in [3.05, 3.63) is 47.8 Å². The maximum atomic E-state index is 6.22. The summed E-state index contributed by atoms with van der Waals surface area (Å²) in [5.41, 5.74) is 8.47. The largest absolute Gasteiger partial charge is 0.497 e. The lowest BCUT2D eigenvalue weighted by atomic mass is 10.0. The standard InChI is InChI=1S/C16H23N3O/c1-12(2)19-8-7-15(18-19)11-14(17)9-13-5-4-6-16(10-13)20-3/h4-8,10,12,14H,9,11,17H2,1-3H3. The van der Waals surface area contributed by atoms with E-state index in [0.29, 0.717) is 6.04 Å². The summed E-state index contributed by atoms with van der Waals surface area (Å²) in [7, 11) is 1.68. The molecule has 0 saturated carbocycles. The highest BCUT2D eigenvalue weighted by Crippen LogP contribution is 2.15. The number of methoxy groups -OCH3 is 1. The van der Waals surface area contributed by atoms with Crippen molar-refractivity contribution >= 4 is 0 Å². The molecule has 1 aromatic carbocycles. The van der Waals surface area contributed by atoms with Crippen LogP contribution in [0.25, 0.3) is 0 Å². The zero-order valence-corrected chi connectivity index (χ0v) is 12.4. The Morgan fingerprint density at radius 3 is 2.70 bits per heavy atom. The van der Waals surface area contributed by atoms with Crippen LogP contribution < -0.4 is 10.5 Å². The Balaban J connectivity index is 1.95. The summed E-state index contributed by atoms with van der Waals surface area (Å²) in [6, 6.07) is 10.6. The summed E-state index contributed by atoms with van der Waals surface area (Å²) >= 11 is 0. The molecule has 2 aromatic rings. The molecule has 4 heteroatoms. The smallest absolute Gasteiger partial charge is 0.119 e. The number of nitrogens with two attached hydrogens (primary N) is 1. The number of nitrogens with zero attached hydrogens (tertiary/aromatic N) is 2. The summed E-state index contributed by atoms with van der Waals surface area (Å²) < 4.78 is 7.19. The second-order valence-corrected chi connectivity index (χ2v) is 5.40. The predicted octanol–water partition coefficient (Wildman–Crippen LogP) is 2.59. The molecule has 0 radical (unpaired) electrons. The van der Waals surface area contributed by atoms with Gasteiger partial charge < -0.3 is 10.5 Å². The molecule has 4 nitrogen and oxygen atoms in total. The van der Waals surface area contributed by atoms with E-state index in [1.54, 1.807) is 7.11 Å². The molecule has 0 aliphatic heterocycles. The van der Waals surface area contributed by atoms with Crippen molar-refractivity contribution in [3.63, 3.8) is 0 Å². The molecule has 0 aliphatic carbocycles. The summed E-state index contributed by atoms with van der Waals surface area (Å²) in [5.74, 6) is 0.874. The molecule has 1 atom stereocenters. The Morgan fingerprint density at radius 2 is 2.05 bits per heavy atom. The van der Waals surface area contributed by atoms with Crippen LogP contribution in [-0.2, 0) is 12.8 Å². The highest BCUT2D eigenvalue weighted by molar-refractivity contribution is 5.29. The number of ether oxygens (including phenoxy) is 1. The van der Waals surface area contributed by atoms with Crippen LogP contribution in [-0.4, -0.2) is 22.9 Å². The van der Waals surface area contributed by atoms with Crippen LogP contribution >= 0.6 is 0 Å². The lowest BCUT2D eigenvalue weighted by Crippen LogP contribution is -2.25. The van der Waals surface area contributed by atoms with Gasteiger partial charge in [-0.25, -0.2) is 0 Å². The van der Waals surface area contributed by atoms with Gasteiger partial charge in [0.25, 0.3) is 0 Å². The number of benzene rings is 1. The van der Waals surface area contributed by atoms with Crippen molar-refractivity contribution in [2.45, 2.75) is 38.8 Å². The second-order valence-electron chi connectivity index (χ2n) is 5.40. The summed E-state index contributed by atoms with van der Waals surface area (Å²) in [5, 5.41) is 4.54. The quantitative estimate of drug-likeness (QED) is 0.880. The van der Waals surface area contributed by atoms with E-state index in [0.717, 1.165) is 24.3 Å². The molecule has 0 spiro atoms. The van der Waals surface area contributed by atoms with Crippen LogP contribution in [0, 0.1) is 0 Å². The summed E-state index contributed by atoms with van der Waals surface area (Å²) in [4.78, 5) is 0. The first-order chi connectivity index (χ1) is 9.58. The first-order valence-corrected chi connectivity index (χ1v) is 7.01. The average Bonchev–Trinajstić information content (AvgIpc) is 2.87. The Kier molecular flexibility index (Phi) is 4.79. The molecule has 0 amide bonds. The predicted molar refractivity (Wildman–Crippen MR) is 81.0 cm³/mol. The minimum absolute atomic E-state index is 0.0672. The molecule has 0 saturated heterocycles. The van der Waals surface area contributed by atoms with Crippen molar-refractivity contribution in [1.82, 2.24) is 9.78 Å². The Morgan fingerprint density at radius 1 is 1.25 bits per heavy atom. The summed E-state index contributed by atoms with van der Waals surface area (Å²) in [6.45, 7) is 4.24. The molecule has 20 heavy (non-hydrogen) atoms. The molecule has 1 unspecified atom stereocenters. The van der Waals surface area contributed by atoms with E-state index in [1.807, 2.05) is 35.1 Å². The van der Waals surface area contributed by atoms with Gasteiger partial charge in [0.05, 0.1) is 12.8 Å². The molecule has 0 bridgehead atoms. The van der Waals surface area contributed by atoms with Crippen LogP contribution in [0.15, 0.2) is 36.5 Å². The molecule has 1 aromatic heterocycles. The van der Waals surface area contributed by atoms with Gasteiger partial charge in [0, 0.05) is 24.7 Å². The fraction of sp³-hybridized carbons (Fsp3) is 0.438. The van der Waals surface area contributed by atoms with Crippen molar-refractivity contribution < 1.29 is 4.74 Å². The number of rotatable bonds is 6. The molecule has 0 fully saturated rings. The highest BCUT2D eigenvalue weighted by Gasteiger charge is 2.09. The normalized spacial score (nSPS) is 12.7. The minimum Gasteiger partial charge on any atom is -0.497 e. The first-order valence-electron chi connectivity index (χ1n) is 7.01. The van der Waals surface area contributed by atoms with Gasteiger partial charge in [0.1, 0.15) is 5.75 Å². The van der Waals surface area contributed by atoms with E-state index in [9.17, 15) is 0 Å². The molecule has 2 N–H and O–H groups in total. The summed E-state index contributed by atoms with van der Waals surface area (Å²) in [6.07, 6.45) is 3.63. The first kappa shape index (κ1) is 14.6. The van der Waals surface area contributed by atoms with Crippen LogP contribution in [0.5, 0.6) is 5.75 Å². The highest BCUT2D eigenvalue weighted by atomic mass is 16.5. The van der Waals surface area contributed by atoms with Crippen LogP contribution in [0.4, 0.5) is 0 Å². The molecule has 0 aliphatic rings. The fourth-order valence-corrected chi connectivity index (χ4v) is 2.22. The number of hydrogen-bond donors (Lipinski definition) is 1. The monoisotopic (exact) mass is 273 g/mol. The maximum Gasteiger partial charge on any atom is 0.119 e.